The zero-order chi connectivity index (χ0) is 12.3. The van der Waals surface area contributed by atoms with Gasteiger partial charge in [-0.15, -0.1) is 0 Å². The van der Waals surface area contributed by atoms with Crippen LogP contribution in [0.15, 0.2) is 15.3 Å². The van der Waals surface area contributed by atoms with Crippen molar-refractivity contribution in [1.29, 1.82) is 0 Å². The zero-order valence-electron chi connectivity index (χ0n) is 8.22. The van der Waals surface area contributed by atoms with Crippen molar-refractivity contribution < 1.29 is 18.3 Å². The highest BCUT2D eigenvalue weighted by Gasteiger charge is 2.18. The summed E-state index contributed by atoms with van der Waals surface area (Å²) in [4.78, 5) is 24.1. The largest absolute Gasteiger partial charge is 0.469 e. The number of ether oxygens (including phenoxy) is 1. The van der Waals surface area contributed by atoms with Crippen LogP contribution in [0.5, 0.6) is 0 Å². The van der Waals surface area contributed by atoms with Crippen molar-refractivity contribution in [3.8, 4) is 0 Å². The lowest BCUT2D eigenvalue weighted by Gasteiger charge is -2.07. The summed E-state index contributed by atoms with van der Waals surface area (Å²) in [6.07, 6.45) is -3.06. The number of aromatic nitrogens is 1. The molecule has 16 heavy (non-hydrogen) atoms. The Balaban J connectivity index is 3.19. The lowest BCUT2D eigenvalue weighted by atomic mass is 10.1. The second-order valence-electron chi connectivity index (χ2n) is 2.94. The van der Waals surface area contributed by atoms with Crippen LogP contribution in [0, 0.1) is 0 Å². The molecule has 0 fully saturated rings. The van der Waals surface area contributed by atoms with Gasteiger partial charge < -0.3 is 9.72 Å². The molecule has 4 nitrogen and oxygen atoms in total. The summed E-state index contributed by atoms with van der Waals surface area (Å²) < 4.78 is 29.4. The van der Waals surface area contributed by atoms with E-state index < -0.39 is 23.6 Å². The van der Waals surface area contributed by atoms with E-state index in [1.807, 2.05) is 4.98 Å². The molecule has 88 valence electrons. The highest BCUT2D eigenvalue weighted by atomic mass is 79.9. The minimum atomic E-state index is -2.82. The number of hydrogen-bond acceptors (Lipinski definition) is 3. The quantitative estimate of drug-likeness (QED) is 0.865. The van der Waals surface area contributed by atoms with E-state index in [2.05, 4.69) is 20.7 Å². The third-order valence-electron chi connectivity index (χ3n) is 1.86. The smallest absolute Gasteiger partial charge is 0.310 e. The lowest BCUT2D eigenvalue weighted by molar-refractivity contribution is -0.139. The highest BCUT2D eigenvalue weighted by Crippen LogP contribution is 2.27. The fourth-order valence-corrected chi connectivity index (χ4v) is 1.65. The average molecular weight is 296 g/mol. The molecular formula is C9H8BrF2NO3. The van der Waals surface area contributed by atoms with Crippen LogP contribution in [-0.2, 0) is 16.0 Å². The molecule has 1 rings (SSSR count). The molecule has 1 aromatic rings. The van der Waals surface area contributed by atoms with Gasteiger partial charge in [-0.3, -0.25) is 9.59 Å². The Labute approximate surface area is 97.7 Å². The van der Waals surface area contributed by atoms with Crippen LogP contribution in [0.3, 0.4) is 0 Å². The maximum absolute atomic E-state index is 12.5. The fourth-order valence-electron chi connectivity index (χ4n) is 1.12. The van der Waals surface area contributed by atoms with E-state index in [9.17, 15) is 18.4 Å². The predicted octanol–water partition coefficient (Wildman–Crippen LogP) is 1.79. The molecule has 0 aliphatic heterocycles. The standard InChI is InChI=1S/C9H8BrF2NO3/c1-16-6(15)3-4-2-5(14)13-8(7(4)10)9(11)12/h2,9H,3H2,1H3,(H,13,14). The second kappa shape index (κ2) is 5.20. The Bertz CT molecular complexity index is 459. The van der Waals surface area contributed by atoms with E-state index in [0.717, 1.165) is 6.07 Å². The Morgan fingerprint density at radius 1 is 1.62 bits per heavy atom. The number of rotatable bonds is 3. The fraction of sp³-hybridized carbons (Fsp3) is 0.333. The Kier molecular flexibility index (Phi) is 4.17. The molecule has 1 N–H and O–H groups in total. The topological polar surface area (TPSA) is 59.2 Å². The molecule has 1 heterocycles. The molecule has 0 saturated heterocycles. The molecule has 0 atom stereocenters. The minimum absolute atomic E-state index is 0.0208. The van der Waals surface area contributed by atoms with Crippen LogP contribution in [0.1, 0.15) is 17.7 Å². The number of esters is 1. The first-order valence-corrected chi connectivity index (χ1v) is 5.01. The van der Waals surface area contributed by atoms with Gasteiger partial charge >= 0.3 is 5.97 Å². The van der Waals surface area contributed by atoms with Gasteiger partial charge in [0.15, 0.2) is 0 Å². The Morgan fingerprint density at radius 2 is 2.25 bits per heavy atom. The van der Waals surface area contributed by atoms with E-state index in [4.69, 9.17) is 0 Å². The van der Waals surface area contributed by atoms with Crippen molar-refractivity contribution in [1.82, 2.24) is 4.98 Å². The van der Waals surface area contributed by atoms with Gasteiger partial charge in [-0.25, -0.2) is 8.78 Å². The molecule has 7 heteroatoms. The summed E-state index contributed by atoms with van der Waals surface area (Å²) in [5.41, 5.74) is -1.05. The summed E-state index contributed by atoms with van der Waals surface area (Å²) in [5, 5.41) is 0. The molecular weight excluding hydrogens is 288 g/mol. The number of H-pyrrole nitrogens is 1. The second-order valence-corrected chi connectivity index (χ2v) is 3.73. The van der Waals surface area contributed by atoms with Crippen molar-refractivity contribution in [2.45, 2.75) is 12.8 Å². The summed E-state index contributed by atoms with van der Waals surface area (Å²) in [6, 6.07) is 1.08. The predicted molar refractivity (Wildman–Crippen MR) is 55.4 cm³/mol. The minimum Gasteiger partial charge on any atom is -0.469 e. The van der Waals surface area contributed by atoms with Crippen LogP contribution in [-0.4, -0.2) is 18.1 Å². The third-order valence-corrected chi connectivity index (χ3v) is 2.80. The first kappa shape index (κ1) is 12.8. The highest BCUT2D eigenvalue weighted by molar-refractivity contribution is 9.10. The lowest BCUT2D eigenvalue weighted by Crippen LogP contribution is -2.14. The van der Waals surface area contributed by atoms with Crippen LogP contribution < -0.4 is 5.56 Å². The van der Waals surface area contributed by atoms with Crippen molar-refractivity contribution >= 4 is 21.9 Å². The average Bonchev–Trinajstić information content (AvgIpc) is 2.22. The van der Waals surface area contributed by atoms with Gasteiger partial charge in [0.25, 0.3) is 6.43 Å². The van der Waals surface area contributed by atoms with Gasteiger partial charge in [0.1, 0.15) is 0 Å². The summed E-state index contributed by atoms with van der Waals surface area (Å²) >= 11 is 2.92. The number of halogens is 3. The number of aromatic amines is 1. The number of carbonyl (C=O) groups is 1. The maximum Gasteiger partial charge on any atom is 0.310 e. The van der Waals surface area contributed by atoms with Crippen LogP contribution in [0.2, 0.25) is 0 Å². The molecule has 0 amide bonds. The number of hydrogen-bond donors (Lipinski definition) is 1. The third kappa shape index (κ3) is 2.88. The number of methoxy groups -OCH3 is 1. The summed E-state index contributed by atoms with van der Waals surface area (Å²) in [7, 11) is 1.18. The van der Waals surface area contributed by atoms with E-state index in [1.165, 1.54) is 7.11 Å². The number of alkyl halides is 2. The van der Waals surface area contributed by atoms with Crippen molar-refractivity contribution in [2.75, 3.05) is 7.11 Å². The van der Waals surface area contributed by atoms with Crippen molar-refractivity contribution in [3.05, 3.63) is 32.2 Å². The van der Waals surface area contributed by atoms with Crippen LogP contribution in [0.4, 0.5) is 8.78 Å². The molecule has 0 unspecified atom stereocenters. The van der Waals surface area contributed by atoms with Gasteiger partial charge in [-0.05, 0) is 21.5 Å². The summed E-state index contributed by atoms with van der Waals surface area (Å²) in [5.74, 6) is -0.605. The molecule has 0 saturated carbocycles. The van der Waals surface area contributed by atoms with Crippen LogP contribution >= 0.6 is 15.9 Å². The molecule has 0 spiro atoms. The monoisotopic (exact) mass is 295 g/mol. The van der Waals surface area contributed by atoms with Gasteiger partial charge in [0, 0.05) is 10.5 Å². The first-order chi connectivity index (χ1) is 7.45. The van der Waals surface area contributed by atoms with Gasteiger partial charge in [0.2, 0.25) is 5.56 Å². The Morgan fingerprint density at radius 3 is 2.75 bits per heavy atom. The van der Waals surface area contributed by atoms with E-state index in [1.54, 1.807) is 0 Å². The molecule has 0 aromatic carbocycles. The number of carbonyl (C=O) groups excluding carboxylic acids is 1. The molecule has 1 aromatic heterocycles. The van der Waals surface area contributed by atoms with Gasteiger partial charge in [-0.1, -0.05) is 0 Å². The van der Waals surface area contributed by atoms with Crippen molar-refractivity contribution in [3.63, 3.8) is 0 Å². The normalized spacial score (nSPS) is 10.6. The van der Waals surface area contributed by atoms with Crippen LogP contribution in [0.25, 0.3) is 0 Å². The number of pyridine rings is 1. The van der Waals surface area contributed by atoms with Gasteiger partial charge in [0.05, 0.1) is 19.2 Å². The SMILES string of the molecule is COC(=O)Cc1cc(=O)[nH]c(C(F)F)c1Br. The van der Waals surface area contributed by atoms with Crippen molar-refractivity contribution in [2.24, 2.45) is 0 Å². The van der Waals surface area contributed by atoms with E-state index in [0.29, 0.717) is 0 Å². The number of nitrogens with one attached hydrogen (secondary N) is 1. The molecule has 0 aliphatic carbocycles. The zero-order valence-corrected chi connectivity index (χ0v) is 9.81. The van der Waals surface area contributed by atoms with Gasteiger partial charge in [-0.2, -0.15) is 0 Å². The molecule has 0 bridgehead atoms. The Hall–Kier alpha value is -1.24. The molecule has 0 aliphatic rings. The molecule has 0 radical (unpaired) electrons. The van der Waals surface area contributed by atoms with E-state index in [-0.39, 0.29) is 16.5 Å². The first-order valence-electron chi connectivity index (χ1n) is 4.22. The maximum atomic E-state index is 12.5. The van der Waals surface area contributed by atoms with E-state index >= 15 is 0 Å². The summed E-state index contributed by atoms with van der Waals surface area (Å²) in [6.45, 7) is 0.